The third-order valence-electron chi connectivity index (χ3n) is 3.38. The minimum absolute atomic E-state index is 0.437. The van der Waals surface area contributed by atoms with Crippen molar-refractivity contribution >= 4 is 29.0 Å². The molecule has 0 saturated heterocycles. The van der Waals surface area contributed by atoms with Crippen molar-refractivity contribution in [3.8, 4) is 22.4 Å². The molecule has 0 aliphatic heterocycles. The van der Waals surface area contributed by atoms with Crippen molar-refractivity contribution in [1.29, 1.82) is 0 Å². The molecule has 0 atom stereocenters. The monoisotopic (exact) mass is 317 g/mol. The average molecular weight is 318 g/mol. The second-order valence-corrected chi connectivity index (χ2v) is 5.70. The lowest BCUT2D eigenvalue weighted by molar-refractivity contribution is 1.10. The van der Waals surface area contributed by atoms with Crippen LogP contribution in [-0.2, 0) is 0 Å². The van der Waals surface area contributed by atoms with Crippen LogP contribution in [0.15, 0.2) is 42.5 Å². The number of anilines is 1. The summed E-state index contributed by atoms with van der Waals surface area (Å²) in [4.78, 5) is 0. The Morgan fingerprint density at radius 1 is 1.05 bits per heavy atom. The van der Waals surface area contributed by atoms with E-state index in [0.717, 1.165) is 27.9 Å². The zero-order valence-electron chi connectivity index (χ0n) is 11.3. The van der Waals surface area contributed by atoms with Crippen molar-refractivity contribution in [2.24, 2.45) is 0 Å². The number of hydrogen-bond donors (Lipinski definition) is 2. The van der Waals surface area contributed by atoms with E-state index in [0.29, 0.717) is 15.9 Å². The third kappa shape index (κ3) is 2.62. The topological polar surface area (TPSA) is 54.7 Å². The van der Waals surface area contributed by atoms with Crippen LogP contribution in [0.2, 0.25) is 10.0 Å². The van der Waals surface area contributed by atoms with E-state index in [4.69, 9.17) is 28.9 Å². The number of nitrogens with one attached hydrogen (secondary N) is 1. The van der Waals surface area contributed by atoms with Crippen LogP contribution in [0.25, 0.3) is 22.4 Å². The Balaban J connectivity index is 2.24. The van der Waals surface area contributed by atoms with Gasteiger partial charge in [0.25, 0.3) is 0 Å². The van der Waals surface area contributed by atoms with Crippen LogP contribution in [0, 0.1) is 6.92 Å². The molecular formula is C16H13Cl2N3. The van der Waals surface area contributed by atoms with Crippen molar-refractivity contribution < 1.29 is 0 Å². The molecule has 0 radical (unpaired) electrons. The quantitative estimate of drug-likeness (QED) is 0.703. The van der Waals surface area contributed by atoms with Crippen LogP contribution in [0.5, 0.6) is 0 Å². The van der Waals surface area contributed by atoms with E-state index in [1.807, 2.05) is 49.4 Å². The largest absolute Gasteiger partial charge is 0.382 e. The molecule has 5 heteroatoms. The second kappa shape index (κ2) is 5.43. The highest BCUT2D eigenvalue weighted by molar-refractivity contribution is 6.31. The van der Waals surface area contributed by atoms with E-state index in [1.165, 1.54) is 0 Å². The summed E-state index contributed by atoms with van der Waals surface area (Å²) >= 11 is 12.2. The number of aromatic nitrogens is 2. The highest BCUT2D eigenvalue weighted by Crippen LogP contribution is 2.37. The Morgan fingerprint density at radius 3 is 2.57 bits per heavy atom. The van der Waals surface area contributed by atoms with Gasteiger partial charge in [-0.25, -0.2) is 0 Å². The molecule has 0 spiro atoms. The number of aromatic amines is 1. The van der Waals surface area contributed by atoms with Gasteiger partial charge in [0, 0.05) is 15.6 Å². The fourth-order valence-corrected chi connectivity index (χ4v) is 2.71. The lowest BCUT2D eigenvalue weighted by atomic mass is 9.98. The minimum atomic E-state index is 0.437. The summed E-state index contributed by atoms with van der Waals surface area (Å²) in [6.45, 7) is 2.02. The summed E-state index contributed by atoms with van der Waals surface area (Å²) in [5.74, 6) is 0.437. The maximum absolute atomic E-state index is 6.11. The highest BCUT2D eigenvalue weighted by atomic mass is 35.5. The smallest absolute Gasteiger partial charge is 0.153 e. The summed E-state index contributed by atoms with van der Waals surface area (Å²) in [6, 6.07) is 13.3. The fraction of sp³-hybridized carbons (Fsp3) is 0.0625. The number of hydrogen-bond acceptors (Lipinski definition) is 2. The first-order valence-corrected chi connectivity index (χ1v) is 7.18. The minimum Gasteiger partial charge on any atom is -0.382 e. The van der Waals surface area contributed by atoms with E-state index < -0.39 is 0 Å². The summed E-state index contributed by atoms with van der Waals surface area (Å²) < 4.78 is 0. The van der Waals surface area contributed by atoms with Crippen molar-refractivity contribution in [1.82, 2.24) is 10.2 Å². The van der Waals surface area contributed by atoms with E-state index in [1.54, 1.807) is 0 Å². The summed E-state index contributed by atoms with van der Waals surface area (Å²) in [5.41, 5.74) is 10.7. The SMILES string of the molecule is Cc1ccc(Cl)cc1-c1[nH]nc(N)c1-c1cccc(Cl)c1. The van der Waals surface area contributed by atoms with Crippen LogP contribution >= 0.6 is 23.2 Å². The highest BCUT2D eigenvalue weighted by Gasteiger charge is 2.16. The fourth-order valence-electron chi connectivity index (χ4n) is 2.35. The van der Waals surface area contributed by atoms with E-state index in [9.17, 15) is 0 Å². The van der Waals surface area contributed by atoms with Gasteiger partial charge in [-0.3, -0.25) is 5.10 Å². The van der Waals surface area contributed by atoms with Crippen LogP contribution in [0.3, 0.4) is 0 Å². The van der Waals surface area contributed by atoms with Crippen LogP contribution < -0.4 is 5.73 Å². The molecule has 0 bridgehead atoms. The Hall–Kier alpha value is -1.97. The summed E-state index contributed by atoms with van der Waals surface area (Å²) in [5, 5.41) is 8.46. The molecule has 106 valence electrons. The molecule has 0 aliphatic carbocycles. The zero-order valence-corrected chi connectivity index (χ0v) is 12.8. The molecule has 3 nitrogen and oxygen atoms in total. The molecule has 0 fully saturated rings. The number of benzene rings is 2. The van der Waals surface area contributed by atoms with E-state index >= 15 is 0 Å². The third-order valence-corrected chi connectivity index (χ3v) is 3.85. The molecule has 0 saturated carbocycles. The van der Waals surface area contributed by atoms with Gasteiger partial charge < -0.3 is 5.73 Å². The molecule has 0 aliphatic rings. The van der Waals surface area contributed by atoms with Crippen molar-refractivity contribution in [3.05, 3.63) is 58.1 Å². The predicted molar refractivity (Wildman–Crippen MR) is 88.6 cm³/mol. The van der Waals surface area contributed by atoms with Gasteiger partial charge in [-0.2, -0.15) is 5.10 Å². The van der Waals surface area contributed by atoms with Crippen LogP contribution in [0.4, 0.5) is 5.82 Å². The van der Waals surface area contributed by atoms with Gasteiger partial charge in [0.15, 0.2) is 5.82 Å². The van der Waals surface area contributed by atoms with Gasteiger partial charge in [-0.15, -0.1) is 0 Å². The van der Waals surface area contributed by atoms with Crippen molar-refractivity contribution in [2.75, 3.05) is 5.73 Å². The van der Waals surface area contributed by atoms with Gasteiger partial charge in [0.05, 0.1) is 11.3 Å². The summed E-state index contributed by atoms with van der Waals surface area (Å²) in [6.07, 6.45) is 0. The first kappa shape index (κ1) is 14.0. The Labute approximate surface area is 132 Å². The van der Waals surface area contributed by atoms with Crippen molar-refractivity contribution in [3.63, 3.8) is 0 Å². The second-order valence-electron chi connectivity index (χ2n) is 4.83. The van der Waals surface area contributed by atoms with Gasteiger partial charge in [-0.05, 0) is 42.3 Å². The zero-order chi connectivity index (χ0) is 15.0. The number of nitrogen functional groups attached to an aromatic ring is 1. The van der Waals surface area contributed by atoms with Crippen LogP contribution in [0.1, 0.15) is 5.56 Å². The molecule has 2 aromatic carbocycles. The number of nitrogens with two attached hydrogens (primary N) is 1. The standard InChI is InChI=1S/C16H13Cl2N3/c1-9-5-6-12(18)8-13(9)15-14(16(19)21-20-15)10-3-2-4-11(17)7-10/h2-8H,1H3,(H3,19,20,21). The lowest BCUT2D eigenvalue weighted by Gasteiger charge is -2.08. The van der Waals surface area contributed by atoms with Gasteiger partial charge in [0.2, 0.25) is 0 Å². The maximum atomic E-state index is 6.11. The Morgan fingerprint density at radius 2 is 1.81 bits per heavy atom. The number of nitrogens with zero attached hydrogens (tertiary/aromatic N) is 1. The first-order valence-electron chi connectivity index (χ1n) is 6.42. The van der Waals surface area contributed by atoms with Crippen molar-refractivity contribution in [2.45, 2.75) is 6.92 Å². The molecule has 1 aromatic heterocycles. The Bertz CT molecular complexity index is 809. The lowest BCUT2D eigenvalue weighted by Crippen LogP contribution is -1.90. The first-order chi connectivity index (χ1) is 10.1. The molecule has 3 N–H and O–H groups in total. The molecule has 21 heavy (non-hydrogen) atoms. The Kier molecular flexibility index (Phi) is 3.62. The number of rotatable bonds is 2. The van der Waals surface area contributed by atoms with E-state index in [2.05, 4.69) is 10.2 Å². The molecular weight excluding hydrogens is 305 g/mol. The average Bonchev–Trinajstić information content (AvgIpc) is 2.83. The normalized spacial score (nSPS) is 10.8. The molecule has 3 rings (SSSR count). The summed E-state index contributed by atoms with van der Waals surface area (Å²) in [7, 11) is 0. The number of halogens is 2. The number of aryl methyl sites for hydroxylation is 1. The molecule has 3 aromatic rings. The molecule has 0 unspecified atom stereocenters. The van der Waals surface area contributed by atoms with Gasteiger partial charge >= 0.3 is 0 Å². The molecule has 0 amide bonds. The number of H-pyrrole nitrogens is 1. The molecule has 1 heterocycles. The maximum Gasteiger partial charge on any atom is 0.153 e. The van der Waals surface area contributed by atoms with E-state index in [-0.39, 0.29) is 0 Å². The predicted octanol–water partition coefficient (Wildman–Crippen LogP) is 4.94. The van der Waals surface area contributed by atoms with Crippen LogP contribution in [-0.4, -0.2) is 10.2 Å². The van der Waals surface area contributed by atoms with Gasteiger partial charge in [-0.1, -0.05) is 41.4 Å². The van der Waals surface area contributed by atoms with Gasteiger partial charge in [0.1, 0.15) is 0 Å².